The van der Waals surface area contributed by atoms with Gasteiger partial charge >= 0.3 is 6.03 Å². The standard InChI is InChI=1S/C23H38N4O3/c1-4-6-12-25-23(29)26-19-8-9-21(27-14-10-18(3)11-15-27)20(17-19)22(28)24-13-7-16-30-5-2/h8-9,17-18H,4-7,10-16H2,1-3H3,(H,24,28)(H2,25,26,29). The number of nitrogens with one attached hydrogen (secondary N) is 3. The van der Waals surface area contributed by atoms with Crippen LogP contribution < -0.4 is 20.9 Å². The molecule has 0 radical (unpaired) electrons. The van der Waals surface area contributed by atoms with Crippen molar-refractivity contribution in [3.63, 3.8) is 0 Å². The van der Waals surface area contributed by atoms with Crippen molar-refractivity contribution in [3.05, 3.63) is 23.8 Å². The second kappa shape index (κ2) is 13.1. The second-order valence-electron chi connectivity index (χ2n) is 7.94. The minimum atomic E-state index is -0.244. The average molecular weight is 419 g/mol. The van der Waals surface area contributed by atoms with E-state index in [2.05, 4.69) is 34.7 Å². The van der Waals surface area contributed by atoms with Crippen LogP contribution >= 0.6 is 0 Å². The van der Waals surface area contributed by atoms with E-state index in [1.54, 1.807) is 6.07 Å². The van der Waals surface area contributed by atoms with Gasteiger partial charge in [0, 0.05) is 50.8 Å². The fourth-order valence-electron chi connectivity index (χ4n) is 3.49. The van der Waals surface area contributed by atoms with Crippen molar-refractivity contribution >= 4 is 23.3 Å². The number of benzene rings is 1. The van der Waals surface area contributed by atoms with Crippen molar-refractivity contribution in [2.75, 3.05) is 49.6 Å². The molecule has 3 N–H and O–H groups in total. The summed E-state index contributed by atoms with van der Waals surface area (Å²) < 4.78 is 5.34. The Morgan fingerprint density at radius 1 is 1.10 bits per heavy atom. The topological polar surface area (TPSA) is 82.7 Å². The Morgan fingerprint density at radius 2 is 1.83 bits per heavy atom. The van der Waals surface area contributed by atoms with Gasteiger partial charge in [-0.15, -0.1) is 0 Å². The number of amides is 3. The Morgan fingerprint density at radius 3 is 2.53 bits per heavy atom. The third-order valence-corrected chi connectivity index (χ3v) is 5.39. The molecule has 0 aliphatic carbocycles. The molecule has 168 valence electrons. The minimum absolute atomic E-state index is 0.116. The molecular formula is C23H38N4O3. The molecule has 1 fully saturated rings. The highest BCUT2D eigenvalue weighted by molar-refractivity contribution is 6.02. The van der Waals surface area contributed by atoms with Crippen LogP contribution in [0.25, 0.3) is 0 Å². The average Bonchev–Trinajstić information content (AvgIpc) is 2.74. The molecule has 0 bridgehead atoms. The molecule has 1 aromatic carbocycles. The Labute approximate surface area is 180 Å². The van der Waals surface area contributed by atoms with Crippen LogP contribution in [-0.2, 0) is 4.74 Å². The van der Waals surface area contributed by atoms with Gasteiger partial charge in [-0.25, -0.2) is 4.79 Å². The molecule has 1 saturated heterocycles. The lowest BCUT2D eigenvalue weighted by molar-refractivity contribution is 0.0944. The predicted molar refractivity (Wildman–Crippen MR) is 122 cm³/mol. The normalized spacial score (nSPS) is 14.4. The maximum absolute atomic E-state index is 12.9. The maximum Gasteiger partial charge on any atom is 0.319 e. The third-order valence-electron chi connectivity index (χ3n) is 5.39. The molecule has 0 aromatic heterocycles. The summed E-state index contributed by atoms with van der Waals surface area (Å²) in [6.45, 7) is 10.7. The zero-order valence-electron chi connectivity index (χ0n) is 18.8. The van der Waals surface area contributed by atoms with E-state index in [1.165, 1.54) is 0 Å². The highest BCUT2D eigenvalue weighted by atomic mass is 16.5. The van der Waals surface area contributed by atoms with Crippen molar-refractivity contribution in [3.8, 4) is 0 Å². The lowest BCUT2D eigenvalue weighted by Gasteiger charge is -2.33. The number of nitrogens with zero attached hydrogens (tertiary/aromatic N) is 1. The highest BCUT2D eigenvalue weighted by Crippen LogP contribution is 2.28. The molecule has 7 nitrogen and oxygen atoms in total. The highest BCUT2D eigenvalue weighted by Gasteiger charge is 2.21. The first kappa shape index (κ1) is 24.0. The molecule has 1 heterocycles. The third kappa shape index (κ3) is 7.86. The lowest BCUT2D eigenvalue weighted by atomic mass is 9.98. The van der Waals surface area contributed by atoms with Crippen molar-refractivity contribution < 1.29 is 14.3 Å². The summed E-state index contributed by atoms with van der Waals surface area (Å²) in [5.41, 5.74) is 2.16. The Bertz CT molecular complexity index is 672. The van der Waals surface area contributed by atoms with Crippen LogP contribution in [0.2, 0.25) is 0 Å². The van der Waals surface area contributed by atoms with Gasteiger partial charge in [0.1, 0.15) is 0 Å². The largest absolute Gasteiger partial charge is 0.382 e. The molecular weight excluding hydrogens is 380 g/mol. The monoisotopic (exact) mass is 418 g/mol. The molecule has 0 atom stereocenters. The fraction of sp³-hybridized carbons (Fsp3) is 0.652. The van der Waals surface area contributed by atoms with E-state index in [-0.39, 0.29) is 11.9 Å². The van der Waals surface area contributed by atoms with Gasteiger partial charge in [-0.05, 0) is 56.7 Å². The van der Waals surface area contributed by atoms with Crippen molar-refractivity contribution in [2.24, 2.45) is 5.92 Å². The van der Waals surface area contributed by atoms with Crippen LogP contribution in [-0.4, -0.2) is 51.3 Å². The second-order valence-corrected chi connectivity index (χ2v) is 7.94. The molecule has 0 unspecified atom stereocenters. The number of hydrogen-bond acceptors (Lipinski definition) is 4. The number of unbranched alkanes of at least 4 members (excludes halogenated alkanes) is 1. The molecule has 0 saturated carbocycles. The quantitative estimate of drug-likeness (QED) is 0.474. The molecule has 30 heavy (non-hydrogen) atoms. The lowest BCUT2D eigenvalue weighted by Crippen LogP contribution is -2.35. The molecule has 3 amide bonds. The summed E-state index contributed by atoms with van der Waals surface area (Å²) >= 11 is 0. The van der Waals surface area contributed by atoms with E-state index in [1.807, 2.05) is 19.1 Å². The number of carbonyl (C=O) groups is 2. The van der Waals surface area contributed by atoms with Crippen molar-refractivity contribution in [1.82, 2.24) is 10.6 Å². The minimum Gasteiger partial charge on any atom is -0.382 e. The summed E-state index contributed by atoms with van der Waals surface area (Å²) in [6, 6.07) is 5.36. The molecule has 1 aromatic rings. The van der Waals surface area contributed by atoms with E-state index in [0.717, 1.165) is 50.9 Å². The van der Waals surface area contributed by atoms with E-state index in [9.17, 15) is 9.59 Å². The number of anilines is 2. The van der Waals surface area contributed by atoms with E-state index in [0.29, 0.717) is 43.5 Å². The van der Waals surface area contributed by atoms with Gasteiger partial charge in [0.25, 0.3) is 5.91 Å². The number of piperidine rings is 1. The van der Waals surface area contributed by atoms with Gasteiger partial charge in [-0.1, -0.05) is 20.3 Å². The zero-order chi connectivity index (χ0) is 21.8. The summed E-state index contributed by atoms with van der Waals surface area (Å²) in [5.74, 6) is 0.597. The van der Waals surface area contributed by atoms with Crippen LogP contribution in [0.15, 0.2) is 18.2 Å². The number of carbonyl (C=O) groups excluding carboxylic acids is 2. The van der Waals surface area contributed by atoms with Gasteiger partial charge in [0.15, 0.2) is 0 Å². The van der Waals surface area contributed by atoms with E-state index < -0.39 is 0 Å². The number of urea groups is 1. The van der Waals surface area contributed by atoms with Gasteiger partial charge in [-0.2, -0.15) is 0 Å². The van der Waals surface area contributed by atoms with Crippen LogP contribution in [0, 0.1) is 5.92 Å². The first-order valence-electron chi connectivity index (χ1n) is 11.3. The van der Waals surface area contributed by atoms with Crippen LogP contribution in [0.4, 0.5) is 16.2 Å². The van der Waals surface area contributed by atoms with Crippen molar-refractivity contribution in [2.45, 2.75) is 52.9 Å². The first-order valence-corrected chi connectivity index (χ1v) is 11.3. The smallest absolute Gasteiger partial charge is 0.319 e. The van der Waals surface area contributed by atoms with Gasteiger partial charge < -0.3 is 25.6 Å². The molecule has 1 aliphatic heterocycles. The van der Waals surface area contributed by atoms with Crippen LogP contribution in [0.3, 0.4) is 0 Å². The SMILES string of the molecule is CCCCNC(=O)Nc1ccc(N2CCC(C)CC2)c(C(=O)NCCCOCC)c1. The summed E-state index contributed by atoms with van der Waals surface area (Å²) in [7, 11) is 0. The molecule has 7 heteroatoms. The first-order chi connectivity index (χ1) is 14.5. The maximum atomic E-state index is 12.9. The van der Waals surface area contributed by atoms with Gasteiger partial charge in [0.05, 0.1) is 5.56 Å². The Kier molecular flexibility index (Phi) is 10.5. The van der Waals surface area contributed by atoms with E-state index >= 15 is 0 Å². The van der Waals surface area contributed by atoms with Crippen LogP contribution in [0.1, 0.15) is 63.2 Å². The molecule has 2 rings (SSSR count). The van der Waals surface area contributed by atoms with E-state index in [4.69, 9.17) is 4.74 Å². The Balaban J connectivity index is 2.09. The predicted octanol–water partition coefficient (Wildman–Crippen LogP) is 4.00. The van der Waals surface area contributed by atoms with Gasteiger partial charge in [-0.3, -0.25) is 4.79 Å². The number of hydrogen-bond donors (Lipinski definition) is 3. The summed E-state index contributed by atoms with van der Waals surface area (Å²) in [4.78, 5) is 27.3. The Hall–Kier alpha value is -2.28. The summed E-state index contributed by atoms with van der Waals surface area (Å²) in [6.07, 6.45) is 4.98. The summed E-state index contributed by atoms with van der Waals surface area (Å²) in [5, 5.41) is 8.69. The number of rotatable bonds is 11. The van der Waals surface area contributed by atoms with Crippen LogP contribution in [0.5, 0.6) is 0 Å². The van der Waals surface area contributed by atoms with Gasteiger partial charge in [0.2, 0.25) is 0 Å². The molecule has 0 spiro atoms. The number of ether oxygens (including phenoxy) is 1. The fourth-order valence-corrected chi connectivity index (χ4v) is 3.49. The molecule has 1 aliphatic rings. The zero-order valence-corrected chi connectivity index (χ0v) is 18.8. The van der Waals surface area contributed by atoms with Crippen molar-refractivity contribution in [1.29, 1.82) is 0 Å².